The average molecular weight is 261 g/mol. The van der Waals surface area contributed by atoms with E-state index in [9.17, 15) is 5.11 Å². The average Bonchev–Trinajstić information content (AvgIpc) is 2.64. The SMILES string of the molecule is CC(O)CC1CCCCCN1C(C)c1ccccc1. The van der Waals surface area contributed by atoms with Crippen LogP contribution in [0, 0.1) is 0 Å². The van der Waals surface area contributed by atoms with Crippen LogP contribution in [0.4, 0.5) is 0 Å². The van der Waals surface area contributed by atoms with E-state index in [0.29, 0.717) is 12.1 Å². The molecule has 0 radical (unpaired) electrons. The Kier molecular flexibility index (Phi) is 5.41. The molecule has 1 aromatic rings. The van der Waals surface area contributed by atoms with Crippen LogP contribution in [0.1, 0.15) is 57.6 Å². The van der Waals surface area contributed by atoms with Gasteiger partial charge >= 0.3 is 0 Å². The largest absolute Gasteiger partial charge is 0.393 e. The second-order valence-corrected chi connectivity index (χ2v) is 5.91. The van der Waals surface area contributed by atoms with Gasteiger partial charge in [0.25, 0.3) is 0 Å². The number of benzene rings is 1. The van der Waals surface area contributed by atoms with Crippen molar-refractivity contribution in [3.8, 4) is 0 Å². The monoisotopic (exact) mass is 261 g/mol. The molecule has 3 atom stereocenters. The van der Waals surface area contributed by atoms with Crippen molar-refractivity contribution < 1.29 is 5.11 Å². The fourth-order valence-electron chi connectivity index (χ4n) is 3.28. The van der Waals surface area contributed by atoms with Crippen molar-refractivity contribution in [3.63, 3.8) is 0 Å². The summed E-state index contributed by atoms with van der Waals surface area (Å²) in [7, 11) is 0. The smallest absolute Gasteiger partial charge is 0.0527 e. The van der Waals surface area contributed by atoms with Gasteiger partial charge in [0.05, 0.1) is 6.10 Å². The summed E-state index contributed by atoms with van der Waals surface area (Å²) >= 11 is 0. The highest BCUT2D eigenvalue weighted by atomic mass is 16.3. The lowest BCUT2D eigenvalue weighted by Gasteiger charge is -2.36. The summed E-state index contributed by atoms with van der Waals surface area (Å²) in [4.78, 5) is 2.61. The van der Waals surface area contributed by atoms with Gasteiger partial charge < -0.3 is 5.11 Å². The second-order valence-electron chi connectivity index (χ2n) is 5.91. The van der Waals surface area contributed by atoms with Crippen molar-refractivity contribution in [1.29, 1.82) is 0 Å². The quantitative estimate of drug-likeness (QED) is 0.892. The first-order valence-corrected chi connectivity index (χ1v) is 7.67. The van der Waals surface area contributed by atoms with Crippen molar-refractivity contribution in [1.82, 2.24) is 4.90 Å². The third-order valence-electron chi connectivity index (χ3n) is 4.32. The topological polar surface area (TPSA) is 23.5 Å². The number of aliphatic hydroxyl groups excluding tert-OH is 1. The Hall–Kier alpha value is -0.860. The summed E-state index contributed by atoms with van der Waals surface area (Å²) in [6.45, 7) is 5.37. The van der Waals surface area contributed by atoms with Crippen molar-refractivity contribution in [2.75, 3.05) is 6.54 Å². The molecule has 0 aliphatic carbocycles. The lowest BCUT2D eigenvalue weighted by Crippen LogP contribution is -2.38. The van der Waals surface area contributed by atoms with E-state index in [1.165, 1.54) is 31.2 Å². The fourth-order valence-corrected chi connectivity index (χ4v) is 3.28. The van der Waals surface area contributed by atoms with Gasteiger partial charge in [0.2, 0.25) is 0 Å². The Balaban J connectivity index is 2.12. The maximum atomic E-state index is 9.74. The summed E-state index contributed by atoms with van der Waals surface area (Å²) < 4.78 is 0. The van der Waals surface area contributed by atoms with Crippen molar-refractivity contribution in [2.24, 2.45) is 0 Å². The maximum Gasteiger partial charge on any atom is 0.0527 e. The zero-order chi connectivity index (χ0) is 13.7. The summed E-state index contributed by atoms with van der Waals surface area (Å²) in [5.41, 5.74) is 1.39. The second kappa shape index (κ2) is 7.06. The minimum Gasteiger partial charge on any atom is -0.393 e. The predicted octanol–water partition coefficient (Wildman–Crippen LogP) is 3.76. The highest BCUT2D eigenvalue weighted by Crippen LogP contribution is 2.29. The van der Waals surface area contributed by atoms with Crippen LogP contribution in [0.3, 0.4) is 0 Å². The standard InChI is InChI=1S/C17H27NO/c1-14(19)13-17-11-7-4-8-12-18(17)15(2)16-9-5-3-6-10-16/h3,5-6,9-10,14-15,17,19H,4,7-8,11-13H2,1-2H3. The zero-order valence-corrected chi connectivity index (χ0v) is 12.3. The maximum absolute atomic E-state index is 9.74. The molecule has 1 saturated heterocycles. The molecular weight excluding hydrogens is 234 g/mol. The molecule has 2 nitrogen and oxygen atoms in total. The molecule has 1 aliphatic heterocycles. The van der Waals surface area contributed by atoms with Crippen LogP contribution in [0.5, 0.6) is 0 Å². The Bertz CT molecular complexity index is 363. The third kappa shape index (κ3) is 4.05. The van der Waals surface area contributed by atoms with E-state index in [2.05, 4.69) is 42.2 Å². The van der Waals surface area contributed by atoms with Crippen LogP contribution < -0.4 is 0 Å². The summed E-state index contributed by atoms with van der Waals surface area (Å²) in [6.07, 6.45) is 5.84. The molecule has 1 aliphatic rings. The number of rotatable bonds is 4. The summed E-state index contributed by atoms with van der Waals surface area (Å²) in [6, 6.07) is 11.7. The highest BCUT2D eigenvalue weighted by molar-refractivity contribution is 5.18. The van der Waals surface area contributed by atoms with E-state index < -0.39 is 0 Å². The minimum atomic E-state index is -0.200. The number of nitrogens with zero attached hydrogens (tertiary/aromatic N) is 1. The molecule has 106 valence electrons. The van der Waals surface area contributed by atoms with Gasteiger partial charge in [0.1, 0.15) is 0 Å². The van der Waals surface area contributed by atoms with Gasteiger partial charge in [-0.2, -0.15) is 0 Å². The van der Waals surface area contributed by atoms with Gasteiger partial charge in [-0.15, -0.1) is 0 Å². The minimum absolute atomic E-state index is 0.200. The third-order valence-corrected chi connectivity index (χ3v) is 4.32. The molecular formula is C17H27NO. The Labute approximate surface area is 117 Å². The fraction of sp³-hybridized carbons (Fsp3) is 0.647. The molecule has 0 spiro atoms. The van der Waals surface area contributed by atoms with E-state index in [0.717, 1.165) is 13.0 Å². The van der Waals surface area contributed by atoms with Crippen LogP contribution in [0.2, 0.25) is 0 Å². The predicted molar refractivity (Wildman–Crippen MR) is 80.1 cm³/mol. The van der Waals surface area contributed by atoms with E-state index in [1.807, 2.05) is 6.92 Å². The first-order chi connectivity index (χ1) is 9.18. The molecule has 19 heavy (non-hydrogen) atoms. The molecule has 0 bridgehead atoms. The van der Waals surface area contributed by atoms with E-state index >= 15 is 0 Å². The molecule has 2 heteroatoms. The first-order valence-electron chi connectivity index (χ1n) is 7.67. The first kappa shape index (κ1) is 14.5. The number of likely N-dealkylation sites (tertiary alicyclic amines) is 1. The van der Waals surface area contributed by atoms with Crippen molar-refractivity contribution in [2.45, 2.75) is 64.1 Å². The van der Waals surface area contributed by atoms with Gasteiger partial charge in [-0.1, -0.05) is 43.2 Å². The van der Waals surface area contributed by atoms with Gasteiger partial charge in [-0.25, -0.2) is 0 Å². The zero-order valence-electron chi connectivity index (χ0n) is 12.3. The van der Waals surface area contributed by atoms with Crippen LogP contribution in [0.15, 0.2) is 30.3 Å². The van der Waals surface area contributed by atoms with Crippen LogP contribution in [-0.4, -0.2) is 28.7 Å². The number of hydrogen-bond acceptors (Lipinski definition) is 2. The Morgan fingerprint density at radius 3 is 2.58 bits per heavy atom. The van der Waals surface area contributed by atoms with E-state index in [1.54, 1.807) is 0 Å². The lowest BCUT2D eigenvalue weighted by molar-refractivity contribution is 0.0877. The summed E-state index contributed by atoms with van der Waals surface area (Å²) in [5.74, 6) is 0. The van der Waals surface area contributed by atoms with E-state index in [-0.39, 0.29) is 6.10 Å². The molecule has 1 aromatic carbocycles. The Morgan fingerprint density at radius 1 is 1.16 bits per heavy atom. The molecule has 1 fully saturated rings. The molecule has 3 unspecified atom stereocenters. The van der Waals surface area contributed by atoms with Crippen LogP contribution >= 0.6 is 0 Å². The highest BCUT2D eigenvalue weighted by Gasteiger charge is 2.26. The molecule has 2 rings (SSSR count). The molecule has 0 aromatic heterocycles. The van der Waals surface area contributed by atoms with E-state index in [4.69, 9.17) is 0 Å². The molecule has 1 heterocycles. The normalized spacial score (nSPS) is 24.7. The van der Waals surface area contributed by atoms with Crippen LogP contribution in [0.25, 0.3) is 0 Å². The van der Waals surface area contributed by atoms with Gasteiger partial charge in [0.15, 0.2) is 0 Å². The number of aliphatic hydroxyl groups is 1. The lowest BCUT2D eigenvalue weighted by atomic mass is 9.99. The van der Waals surface area contributed by atoms with Crippen molar-refractivity contribution in [3.05, 3.63) is 35.9 Å². The molecule has 0 amide bonds. The molecule has 0 saturated carbocycles. The Morgan fingerprint density at radius 2 is 1.89 bits per heavy atom. The summed E-state index contributed by atoms with van der Waals surface area (Å²) in [5, 5.41) is 9.74. The van der Waals surface area contributed by atoms with Crippen molar-refractivity contribution >= 4 is 0 Å². The molecule has 1 N–H and O–H groups in total. The van der Waals surface area contributed by atoms with Gasteiger partial charge in [0, 0.05) is 12.1 Å². The number of hydrogen-bond donors (Lipinski definition) is 1. The van der Waals surface area contributed by atoms with Crippen LogP contribution in [-0.2, 0) is 0 Å². The van der Waals surface area contributed by atoms with Gasteiger partial charge in [-0.05, 0) is 45.2 Å². The van der Waals surface area contributed by atoms with Gasteiger partial charge in [-0.3, -0.25) is 4.90 Å².